The third-order valence-electron chi connectivity index (χ3n) is 4.72. The van der Waals surface area contributed by atoms with Crippen LogP contribution >= 0.6 is 11.3 Å². The molecule has 1 aromatic rings. The summed E-state index contributed by atoms with van der Waals surface area (Å²) in [6.45, 7) is 0.775. The Bertz CT molecular complexity index is 414. The molecule has 3 rings (SSSR count). The molecule has 0 aliphatic heterocycles. The average molecular weight is 263 g/mol. The molecule has 1 aromatic heterocycles. The molecule has 1 amide bonds. The lowest BCUT2D eigenvalue weighted by Crippen LogP contribution is -2.29. The van der Waals surface area contributed by atoms with Gasteiger partial charge in [0.05, 0.1) is 6.54 Å². The summed E-state index contributed by atoms with van der Waals surface area (Å²) < 4.78 is 0. The highest BCUT2D eigenvalue weighted by Gasteiger charge is 2.40. The lowest BCUT2D eigenvalue weighted by Gasteiger charge is -2.24. The van der Waals surface area contributed by atoms with E-state index in [9.17, 15) is 4.79 Å². The highest BCUT2D eigenvalue weighted by molar-refractivity contribution is 7.09. The van der Waals surface area contributed by atoms with Crippen molar-refractivity contribution in [3.8, 4) is 0 Å². The zero-order chi connectivity index (χ0) is 12.5. The summed E-state index contributed by atoms with van der Waals surface area (Å²) in [7, 11) is 1.94. The fourth-order valence-corrected chi connectivity index (χ4v) is 4.49. The second kappa shape index (κ2) is 5.04. The number of hydrogen-bond donors (Lipinski definition) is 0. The van der Waals surface area contributed by atoms with E-state index in [1.54, 1.807) is 11.3 Å². The number of nitrogens with zero attached hydrogens (tertiary/aromatic N) is 1. The van der Waals surface area contributed by atoms with Crippen LogP contribution in [0.25, 0.3) is 0 Å². The maximum absolute atomic E-state index is 12.2. The van der Waals surface area contributed by atoms with Crippen molar-refractivity contribution >= 4 is 17.2 Å². The van der Waals surface area contributed by atoms with Crippen LogP contribution in [0, 0.1) is 17.8 Å². The molecule has 3 atom stereocenters. The number of hydrogen-bond acceptors (Lipinski definition) is 2. The van der Waals surface area contributed by atoms with Crippen LogP contribution < -0.4 is 0 Å². The predicted molar refractivity (Wildman–Crippen MR) is 74.3 cm³/mol. The molecule has 0 spiro atoms. The second-order valence-electron chi connectivity index (χ2n) is 5.97. The van der Waals surface area contributed by atoms with Gasteiger partial charge in [0.25, 0.3) is 0 Å². The number of carbonyl (C=O) groups excluding carboxylic acids is 1. The minimum absolute atomic E-state index is 0.334. The van der Waals surface area contributed by atoms with Gasteiger partial charge in [0, 0.05) is 18.3 Å². The van der Waals surface area contributed by atoms with Gasteiger partial charge in [-0.2, -0.15) is 0 Å². The van der Waals surface area contributed by atoms with Gasteiger partial charge in [-0.15, -0.1) is 11.3 Å². The molecule has 2 aliphatic rings. The van der Waals surface area contributed by atoms with Crippen LogP contribution in [0.1, 0.15) is 37.0 Å². The van der Waals surface area contributed by atoms with Crippen molar-refractivity contribution in [3.05, 3.63) is 22.4 Å². The summed E-state index contributed by atoms with van der Waals surface area (Å²) in [5.74, 6) is 2.81. The Kier molecular flexibility index (Phi) is 3.42. The maximum atomic E-state index is 12.2. The van der Waals surface area contributed by atoms with Crippen molar-refractivity contribution in [2.24, 2.45) is 17.8 Å². The quantitative estimate of drug-likeness (QED) is 0.813. The van der Waals surface area contributed by atoms with Crippen molar-refractivity contribution in [1.29, 1.82) is 0 Å². The molecule has 3 heteroatoms. The summed E-state index contributed by atoms with van der Waals surface area (Å²) in [4.78, 5) is 15.4. The first-order valence-electron chi connectivity index (χ1n) is 6.98. The molecule has 0 unspecified atom stereocenters. The van der Waals surface area contributed by atoms with Crippen LogP contribution in [-0.2, 0) is 11.3 Å². The molecule has 2 nitrogen and oxygen atoms in total. The highest BCUT2D eigenvalue weighted by Crippen LogP contribution is 2.49. The van der Waals surface area contributed by atoms with Crippen LogP contribution in [0.2, 0.25) is 0 Å². The Morgan fingerprint density at radius 3 is 2.94 bits per heavy atom. The zero-order valence-electron chi connectivity index (χ0n) is 11.0. The lowest BCUT2D eigenvalue weighted by atomic mass is 9.86. The fourth-order valence-electron chi connectivity index (χ4n) is 3.73. The Hall–Kier alpha value is -0.830. The van der Waals surface area contributed by atoms with Crippen molar-refractivity contribution in [1.82, 2.24) is 4.90 Å². The second-order valence-corrected chi connectivity index (χ2v) is 7.00. The molecular weight excluding hydrogens is 242 g/mol. The van der Waals surface area contributed by atoms with E-state index in [4.69, 9.17) is 0 Å². The molecule has 0 aromatic carbocycles. The number of thiophene rings is 1. The van der Waals surface area contributed by atoms with Crippen LogP contribution in [0.3, 0.4) is 0 Å². The van der Waals surface area contributed by atoms with Crippen LogP contribution in [0.5, 0.6) is 0 Å². The maximum Gasteiger partial charge on any atom is 0.222 e. The lowest BCUT2D eigenvalue weighted by molar-refractivity contribution is -0.131. The van der Waals surface area contributed by atoms with Gasteiger partial charge in [-0.3, -0.25) is 4.79 Å². The molecular formula is C15H21NOS. The number of rotatable bonds is 4. The topological polar surface area (TPSA) is 20.3 Å². The van der Waals surface area contributed by atoms with E-state index < -0.39 is 0 Å². The summed E-state index contributed by atoms with van der Waals surface area (Å²) in [5.41, 5.74) is 0. The van der Waals surface area contributed by atoms with E-state index in [1.165, 1.54) is 30.6 Å². The Morgan fingerprint density at radius 1 is 1.44 bits per heavy atom. The summed E-state index contributed by atoms with van der Waals surface area (Å²) in [6, 6.07) is 4.15. The van der Waals surface area contributed by atoms with Gasteiger partial charge < -0.3 is 4.90 Å². The van der Waals surface area contributed by atoms with Crippen LogP contribution in [0.4, 0.5) is 0 Å². The predicted octanol–water partition coefficient (Wildman–Crippen LogP) is 3.53. The van der Waals surface area contributed by atoms with E-state index in [0.29, 0.717) is 11.8 Å². The van der Waals surface area contributed by atoms with Gasteiger partial charge in [-0.25, -0.2) is 0 Å². The first-order chi connectivity index (χ1) is 8.72. The van der Waals surface area contributed by atoms with Crippen molar-refractivity contribution < 1.29 is 4.79 Å². The molecule has 2 fully saturated rings. The Morgan fingerprint density at radius 2 is 2.33 bits per heavy atom. The standard InChI is InChI=1S/C15H21NOS/c1-16(10-14-3-2-6-18-14)15(17)9-13-8-11-4-5-12(13)7-11/h2-3,6,11-13H,4-5,7-10H2,1H3/t11-,12-,13-/m0/s1. The van der Waals surface area contributed by atoms with Crippen LogP contribution in [-0.4, -0.2) is 17.9 Å². The molecule has 18 heavy (non-hydrogen) atoms. The Balaban J connectivity index is 1.52. The largest absolute Gasteiger partial charge is 0.341 e. The smallest absolute Gasteiger partial charge is 0.222 e. The molecule has 1 heterocycles. The minimum atomic E-state index is 0.334. The van der Waals surface area contributed by atoms with Gasteiger partial charge in [-0.05, 0) is 48.5 Å². The van der Waals surface area contributed by atoms with Gasteiger partial charge in [0.2, 0.25) is 5.91 Å². The molecule has 0 N–H and O–H groups in total. The van der Waals surface area contributed by atoms with Gasteiger partial charge in [0.15, 0.2) is 0 Å². The van der Waals surface area contributed by atoms with E-state index in [0.717, 1.165) is 24.8 Å². The van der Waals surface area contributed by atoms with Gasteiger partial charge >= 0.3 is 0 Å². The average Bonchev–Trinajstić information content (AvgIpc) is 3.04. The van der Waals surface area contributed by atoms with Gasteiger partial charge in [-0.1, -0.05) is 12.5 Å². The minimum Gasteiger partial charge on any atom is -0.341 e. The SMILES string of the molecule is CN(Cc1cccs1)C(=O)C[C@@H]1C[C@H]2CC[C@H]1C2. The third kappa shape index (κ3) is 2.46. The van der Waals surface area contributed by atoms with E-state index in [1.807, 2.05) is 18.0 Å². The molecule has 98 valence electrons. The monoisotopic (exact) mass is 263 g/mol. The van der Waals surface area contributed by atoms with Crippen molar-refractivity contribution in [2.45, 2.75) is 38.6 Å². The van der Waals surface area contributed by atoms with Crippen molar-refractivity contribution in [3.63, 3.8) is 0 Å². The van der Waals surface area contributed by atoms with Gasteiger partial charge in [0.1, 0.15) is 0 Å². The molecule has 0 saturated heterocycles. The zero-order valence-corrected chi connectivity index (χ0v) is 11.8. The van der Waals surface area contributed by atoms with E-state index in [2.05, 4.69) is 11.4 Å². The fraction of sp³-hybridized carbons (Fsp3) is 0.667. The van der Waals surface area contributed by atoms with Crippen molar-refractivity contribution in [2.75, 3.05) is 7.05 Å². The molecule has 2 aliphatic carbocycles. The summed E-state index contributed by atoms with van der Waals surface area (Å²) >= 11 is 1.73. The first kappa shape index (κ1) is 12.2. The Labute approximate surface area is 113 Å². The first-order valence-corrected chi connectivity index (χ1v) is 7.86. The van der Waals surface area contributed by atoms with Crippen LogP contribution in [0.15, 0.2) is 17.5 Å². The number of amides is 1. The summed E-state index contributed by atoms with van der Waals surface area (Å²) in [5, 5.41) is 2.07. The number of carbonyl (C=O) groups is 1. The van der Waals surface area contributed by atoms with E-state index in [-0.39, 0.29) is 0 Å². The highest BCUT2D eigenvalue weighted by atomic mass is 32.1. The van der Waals surface area contributed by atoms with E-state index >= 15 is 0 Å². The molecule has 2 saturated carbocycles. The normalized spacial score (nSPS) is 29.7. The number of fused-ring (bicyclic) bond motifs is 2. The summed E-state index contributed by atoms with van der Waals surface area (Å²) in [6.07, 6.45) is 6.27. The molecule has 2 bridgehead atoms. The molecule has 0 radical (unpaired) electrons. The third-order valence-corrected chi connectivity index (χ3v) is 5.58.